The zero-order valence-corrected chi connectivity index (χ0v) is 25.4. The van der Waals surface area contributed by atoms with Crippen molar-refractivity contribution >= 4 is 55.1 Å². The summed E-state index contributed by atoms with van der Waals surface area (Å²) in [6.45, 7) is 5.62. The van der Waals surface area contributed by atoms with Crippen molar-refractivity contribution < 1.29 is 18.0 Å². The number of anilines is 1. The summed E-state index contributed by atoms with van der Waals surface area (Å²) < 4.78 is 29.7. The van der Waals surface area contributed by atoms with E-state index >= 15 is 0 Å². The van der Waals surface area contributed by atoms with Gasteiger partial charge >= 0.3 is 0 Å². The van der Waals surface area contributed by atoms with Gasteiger partial charge in [0.05, 0.1) is 10.6 Å². The van der Waals surface area contributed by atoms with Crippen LogP contribution in [0.1, 0.15) is 37.8 Å². The van der Waals surface area contributed by atoms with Gasteiger partial charge in [0.25, 0.3) is 10.0 Å². The number of carbonyl (C=O) groups excluding carboxylic acids is 2. The van der Waals surface area contributed by atoms with E-state index in [1.54, 1.807) is 38.1 Å². The smallest absolute Gasteiger partial charge is 0.264 e. The van der Waals surface area contributed by atoms with Crippen LogP contribution in [-0.2, 0) is 26.2 Å². The first-order valence-electron chi connectivity index (χ1n) is 12.7. The summed E-state index contributed by atoms with van der Waals surface area (Å²) in [6, 6.07) is 19.4. The summed E-state index contributed by atoms with van der Waals surface area (Å²) in [5.74, 6) is -0.797. The average Bonchev–Trinajstić information content (AvgIpc) is 2.91. The number of nitrogens with zero attached hydrogens (tertiary/aromatic N) is 2. The van der Waals surface area contributed by atoms with Crippen LogP contribution < -0.4 is 9.62 Å². The first-order chi connectivity index (χ1) is 18.5. The van der Waals surface area contributed by atoms with Crippen molar-refractivity contribution in [1.29, 1.82) is 0 Å². The second-order valence-electron chi connectivity index (χ2n) is 9.22. The predicted octanol–water partition coefficient (Wildman–Crippen LogP) is 5.94. The van der Waals surface area contributed by atoms with Crippen molar-refractivity contribution in [3.8, 4) is 0 Å². The summed E-state index contributed by atoms with van der Waals surface area (Å²) in [4.78, 5) is 28.4. The van der Waals surface area contributed by atoms with Crippen LogP contribution in [0.25, 0.3) is 0 Å². The topological polar surface area (TPSA) is 86.8 Å². The summed E-state index contributed by atoms with van der Waals surface area (Å²) >= 11 is 9.41. The number of benzene rings is 3. The van der Waals surface area contributed by atoms with E-state index in [1.165, 1.54) is 29.2 Å². The minimum absolute atomic E-state index is 0.00719. The minimum atomic E-state index is -4.14. The number of unbranched alkanes of at least 4 members (excludes halogenated alkanes) is 1. The number of aryl methyl sites for hydroxylation is 1. The van der Waals surface area contributed by atoms with Crippen LogP contribution >= 0.6 is 27.5 Å². The van der Waals surface area contributed by atoms with Gasteiger partial charge in [-0.1, -0.05) is 71.2 Å². The lowest BCUT2D eigenvalue weighted by atomic mass is 10.1. The van der Waals surface area contributed by atoms with Crippen molar-refractivity contribution in [2.75, 3.05) is 17.4 Å². The maximum Gasteiger partial charge on any atom is 0.264 e. The number of amides is 2. The van der Waals surface area contributed by atoms with Gasteiger partial charge in [-0.2, -0.15) is 0 Å². The maximum absolute atomic E-state index is 13.9. The van der Waals surface area contributed by atoms with Crippen LogP contribution in [0.15, 0.2) is 82.2 Å². The fourth-order valence-electron chi connectivity index (χ4n) is 4.00. The Kier molecular flexibility index (Phi) is 11.0. The Balaban J connectivity index is 2.00. The summed E-state index contributed by atoms with van der Waals surface area (Å²) in [5.41, 5.74) is 1.87. The second-order valence-corrected chi connectivity index (χ2v) is 12.4. The van der Waals surface area contributed by atoms with Gasteiger partial charge in [-0.15, -0.1) is 0 Å². The average molecular weight is 635 g/mol. The number of hydrogen-bond donors (Lipinski definition) is 1. The zero-order chi connectivity index (χ0) is 28.6. The molecule has 0 aliphatic rings. The van der Waals surface area contributed by atoms with Gasteiger partial charge in [-0.3, -0.25) is 13.9 Å². The third-order valence-electron chi connectivity index (χ3n) is 6.33. The molecule has 39 heavy (non-hydrogen) atoms. The molecule has 0 aliphatic heterocycles. The van der Waals surface area contributed by atoms with Crippen LogP contribution in [-0.4, -0.2) is 44.3 Å². The lowest BCUT2D eigenvalue weighted by Gasteiger charge is -2.32. The van der Waals surface area contributed by atoms with E-state index in [0.717, 1.165) is 27.2 Å². The molecule has 0 saturated heterocycles. The predicted molar refractivity (Wildman–Crippen MR) is 159 cm³/mol. The quantitative estimate of drug-likeness (QED) is 0.250. The molecule has 2 amide bonds. The van der Waals surface area contributed by atoms with E-state index in [0.29, 0.717) is 22.8 Å². The molecule has 1 N–H and O–H groups in total. The molecule has 0 bridgehead atoms. The van der Waals surface area contributed by atoms with Crippen molar-refractivity contribution in [1.82, 2.24) is 10.2 Å². The molecule has 3 aromatic carbocycles. The standard InChI is InChI=1S/C29H33BrClN3O4S/c1-4-5-18-32-29(36)22(3)33(19-23-10-12-24(30)13-11-23)28(35)20-34(27-9-7-6-8-21(27)2)39(37,38)26-16-14-25(31)15-17-26/h6-17,22H,4-5,18-20H2,1-3H3,(H,32,36). The van der Waals surface area contributed by atoms with Gasteiger partial charge in [0.2, 0.25) is 11.8 Å². The van der Waals surface area contributed by atoms with E-state index in [1.807, 2.05) is 31.2 Å². The number of para-hydroxylation sites is 1. The number of rotatable bonds is 12. The molecule has 0 aliphatic carbocycles. The van der Waals surface area contributed by atoms with Gasteiger partial charge in [0, 0.05) is 22.6 Å². The van der Waals surface area contributed by atoms with Crippen LogP contribution in [0, 0.1) is 6.92 Å². The fourth-order valence-corrected chi connectivity index (χ4v) is 5.86. The molecule has 1 atom stereocenters. The van der Waals surface area contributed by atoms with Crippen LogP contribution in [0.3, 0.4) is 0 Å². The van der Waals surface area contributed by atoms with E-state index in [9.17, 15) is 18.0 Å². The first kappa shape index (κ1) is 30.7. The molecule has 7 nitrogen and oxygen atoms in total. The van der Waals surface area contributed by atoms with Crippen molar-refractivity contribution in [2.45, 2.75) is 51.1 Å². The number of halogens is 2. The fraction of sp³-hybridized carbons (Fsp3) is 0.310. The molecular weight excluding hydrogens is 602 g/mol. The molecule has 0 spiro atoms. The third-order valence-corrected chi connectivity index (χ3v) is 8.88. The Labute approximate surface area is 244 Å². The monoisotopic (exact) mass is 633 g/mol. The minimum Gasteiger partial charge on any atom is -0.354 e. The Bertz CT molecular complexity index is 1380. The summed E-state index contributed by atoms with van der Waals surface area (Å²) in [5, 5.41) is 3.28. The number of sulfonamides is 1. The molecule has 1 unspecified atom stereocenters. The highest BCUT2D eigenvalue weighted by molar-refractivity contribution is 9.10. The van der Waals surface area contributed by atoms with Crippen molar-refractivity contribution in [3.63, 3.8) is 0 Å². The van der Waals surface area contributed by atoms with Crippen molar-refractivity contribution in [3.05, 3.63) is 93.4 Å². The molecule has 0 saturated carbocycles. The SMILES string of the molecule is CCCCNC(=O)C(C)N(Cc1ccc(Br)cc1)C(=O)CN(c1ccccc1C)S(=O)(=O)c1ccc(Cl)cc1. The number of nitrogens with one attached hydrogen (secondary N) is 1. The Morgan fingerprint density at radius 3 is 2.26 bits per heavy atom. The third kappa shape index (κ3) is 8.06. The molecule has 0 heterocycles. The van der Waals surface area contributed by atoms with Crippen LogP contribution in [0.2, 0.25) is 5.02 Å². The Hall–Kier alpha value is -2.88. The molecule has 0 aromatic heterocycles. The van der Waals surface area contributed by atoms with Gasteiger partial charge in [0.1, 0.15) is 12.6 Å². The number of hydrogen-bond acceptors (Lipinski definition) is 4. The highest BCUT2D eigenvalue weighted by atomic mass is 79.9. The van der Waals surface area contributed by atoms with Crippen LogP contribution in [0.5, 0.6) is 0 Å². The Morgan fingerprint density at radius 2 is 1.64 bits per heavy atom. The molecule has 10 heteroatoms. The first-order valence-corrected chi connectivity index (χ1v) is 15.3. The number of carbonyl (C=O) groups is 2. The van der Waals surface area contributed by atoms with Crippen molar-refractivity contribution in [2.24, 2.45) is 0 Å². The summed E-state index contributed by atoms with van der Waals surface area (Å²) in [6.07, 6.45) is 1.74. The summed E-state index contributed by atoms with van der Waals surface area (Å²) in [7, 11) is -4.14. The normalized spacial score (nSPS) is 12.0. The molecule has 3 rings (SSSR count). The van der Waals surface area contributed by atoms with Gasteiger partial charge in [0.15, 0.2) is 0 Å². The molecule has 0 radical (unpaired) electrons. The van der Waals surface area contributed by atoms with Gasteiger partial charge in [-0.05, 0) is 73.9 Å². The Morgan fingerprint density at radius 1 is 1.00 bits per heavy atom. The lowest BCUT2D eigenvalue weighted by Crippen LogP contribution is -2.51. The lowest BCUT2D eigenvalue weighted by molar-refractivity contribution is -0.139. The van der Waals surface area contributed by atoms with E-state index in [-0.39, 0.29) is 17.3 Å². The molecule has 3 aromatic rings. The van der Waals surface area contributed by atoms with E-state index < -0.39 is 28.5 Å². The highest BCUT2D eigenvalue weighted by Crippen LogP contribution is 2.28. The van der Waals surface area contributed by atoms with Crippen LogP contribution in [0.4, 0.5) is 5.69 Å². The molecule has 208 valence electrons. The molecular formula is C29H33BrClN3O4S. The zero-order valence-electron chi connectivity index (χ0n) is 22.2. The second kappa shape index (κ2) is 14.0. The van der Waals surface area contributed by atoms with Gasteiger partial charge in [-0.25, -0.2) is 8.42 Å². The maximum atomic E-state index is 13.9. The highest BCUT2D eigenvalue weighted by Gasteiger charge is 2.33. The largest absolute Gasteiger partial charge is 0.354 e. The van der Waals surface area contributed by atoms with E-state index in [2.05, 4.69) is 21.2 Å². The van der Waals surface area contributed by atoms with Gasteiger partial charge < -0.3 is 10.2 Å². The molecule has 0 fully saturated rings. The van der Waals surface area contributed by atoms with E-state index in [4.69, 9.17) is 11.6 Å².